The zero-order chi connectivity index (χ0) is 20.0. The number of amides is 1. The predicted octanol–water partition coefficient (Wildman–Crippen LogP) is 5.59. The van der Waals surface area contributed by atoms with Crippen molar-refractivity contribution >= 4 is 5.91 Å². The van der Waals surface area contributed by atoms with Crippen LogP contribution in [0.3, 0.4) is 0 Å². The Morgan fingerprint density at radius 1 is 1.00 bits per heavy atom. The Morgan fingerprint density at radius 2 is 1.71 bits per heavy atom. The van der Waals surface area contributed by atoms with Crippen molar-refractivity contribution in [2.45, 2.75) is 52.0 Å². The highest BCUT2D eigenvalue weighted by Gasteiger charge is 2.16. The van der Waals surface area contributed by atoms with Crippen molar-refractivity contribution in [1.82, 2.24) is 4.90 Å². The maximum Gasteiger partial charge on any atom is 0.254 e. The van der Waals surface area contributed by atoms with Crippen molar-refractivity contribution in [1.29, 1.82) is 5.26 Å². The molecule has 4 nitrogen and oxygen atoms in total. The lowest BCUT2D eigenvalue weighted by molar-refractivity contribution is 0.0747. The number of benzene rings is 2. The first-order valence-corrected chi connectivity index (χ1v) is 10.2. The van der Waals surface area contributed by atoms with Crippen LogP contribution in [-0.4, -0.2) is 24.0 Å². The fourth-order valence-electron chi connectivity index (χ4n) is 3.01. The Morgan fingerprint density at radius 3 is 2.39 bits per heavy atom. The quantitative estimate of drug-likeness (QED) is 0.452. The van der Waals surface area contributed by atoms with E-state index in [4.69, 9.17) is 10.00 Å². The summed E-state index contributed by atoms with van der Waals surface area (Å²) in [6.45, 7) is 3.83. The molecule has 4 heteroatoms. The summed E-state index contributed by atoms with van der Waals surface area (Å²) in [4.78, 5) is 14.6. The highest BCUT2D eigenvalue weighted by molar-refractivity contribution is 5.94. The zero-order valence-corrected chi connectivity index (χ0v) is 16.8. The number of nitrogens with zero attached hydrogens (tertiary/aromatic N) is 2. The molecule has 28 heavy (non-hydrogen) atoms. The van der Waals surface area contributed by atoms with Crippen LogP contribution >= 0.6 is 0 Å². The molecule has 0 bridgehead atoms. The number of carbonyl (C=O) groups excluding carboxylic acids is 1. The van der Waals surface area contributed by atoms with Crippen molar-refractivity contribution in [3.63, 3.8) is 0 Å². The Labute approximate surface area is 168 Å². The molecule has 0 N–H and O–H groups in total. The molecule has 0 fully saturated rings. The van der Waals surface area contributed by atoms with E-state index in [1.54, 1.807) is 17.0 Å². The highest BCUT2D eigenvalue weighted by atomic mass is 16.5. The fourth-order valence-corrected chi connectivity index (χ4v) is 3.01. The highest BCUT2D eigenvalue weighted by Crippen LogP contribution is 2.16. The standard InChI is InChI=1S/C24H30N2O2/c1-2-3-4-5-9-19-28-23-15-13-22(14-16-23)24(27)26(18-10-17-25)20-21-11-7-6-8-12-21/h6-8,11-16H,2-5,9-10,18-20H2,1H3. The van der Waals surface area contributed by atoms with Gasteiger partial charge in [-0.05, 0) is 36.2 Å². The number of nitriles is 1. The van der Waals surface area contributed by atoms with E-state index in [9.17, 15) is 4.79 Å². The van der Waals surface area contributed by atoms with Gasteiger partial charge in [0.25, 0.3) is 5.91 Å². The number of rotatable bonds is 12. The predicted molar refractivity (Wildman–Crippen MR) is 112 cm³/mol. The largest absolute Gasteiger partial charge is 0.494 e. The second-order valence-corrected chi connectivity index (χ2v) is 6.91. The second kappa shape index (κ2) is 12.6. The van der Waals surface area contributed by atoms with Gasteiger partial charge in [-0.25, -0.2) is 0 Å². The lowest BCUT2D eigenvalue weighted by Crippen LogP contribution is -2.31. The van der Waals surface area contributed by atoms with Crippen molar-refractivity contribution in [3.05, 3.63) is 65.7 Å². The van der Waals surface area contributed by atoms with E-state index in [0.29, 0.717) is 31.7 Å². The minimum Gasteiger partial charge on any atom is -0.494 e. The first-order chi connectivity index (χ1) is 13.7. The van der Waals surface area contributed by atoms with Crippen molar-refractivity contribution < 1.29 is 9.53 Å². The van der Waals surface area contributed by atoms with E-state index in [1.807, 2.05) is 42.5 Å². The van der Waals surface area contributed by atoms with E-state index >= 15 is 0 Å². The Balaban J connectivity index is 1.91. The van der Waals surface area contributed by atoms with Gasteiger partial charge in [-0.15, -0.1) is 0 Å². The van der Waals surface area contributed by atoms with E-state index in [2.05, 4.69) is 13.0 Å². The van der Waals surface area contributed by atoms with E-state index in [-0.39, 0.29) is 5.91 Å². The van der Waals surface area contributed by atoms with Gasteiger partial charge in [0.1, 0.15) is 5.75 Å². The maximum absolute atomic E-state index is 12.9. The SMILES string of the molecule is CCCCCCCOc1ccc(C(=O)N(CCC#N)Cc2ccccc2)cc1. The van der Waals surface area contributed by atoms with Crippen LogP contribution in [0.1, 0.15) is 61.4 Å². The lowest BCUT2D eigenvalue weighted by atomic mass is 10.1. The van der Waals surface area contributed by atoms with Crippen LogP contribution in [0, 0.1) is 11.3 Å². The summed E-state index contributed by atoms with van der Waals surface area (Å²) >= 11 is 0. The summed E-state index contributed by atoms with van der Waals surface area (Å²) in [5, 5.41) is 8.92. The molecule has 148 valence electrons. The summed E-state index contributed by atoms with van der Waals surface area (Å²) in [5.41, 5.74) is 1.67. The first kappa shape index (κ1) is 21.5. The molecule has 2 aromatic rings. The Kier molecular flexibility index (Phi) is 9.65. The molecule has 0 aromatic heterocycles. The molecule has 0 saturated heterocycles. The molecule has 2 rings (SSSR count). The summed E-state index contributed by atoms with van der Waals surface area (Å²) in [7, 11) is 0. The van der Waals surface area contributed by atoms with Crippen LogP contribution in [0.2, 0.25) is 0 Å². The molecule has 0 aliphatic heterocycles. The van der Waals surface area contributed by atoms with Crippen LogP contribution in [0.5, 0.6) is 5.75 Å². The molecule has 0 aliphatic rings. The average Bonchev–Trinajstić information content (AvgIpc) is 2.74. The summed E-state index contributed by atoms with van der Waals surface area (Å²) in [5.74, 6) is 0.726. The number of unbranched alkanes of at least 4 members (excludes halogenated alkanes) is 4. The molecule has 0 aliphatic carbocycles. The molecule has 2 aromatic carbocycles. The third-order valence-electron chi connectivity index (χ3n) is 4.61. The van der Waals surface area contributed by atoms with Crippen LogP contribution in [-0.2, 0) is 6.54 Å². The molecular weight excluding hydrogens is 348 g/mol. The minimum absolute atomic E-state index is 0.0646. The number of hydrogen-bond donors (Lipinski definition) is 0. The van der Waals surface area contributed by atoms with Crippen LogP contribution in [0.15, 0.2) is 54.6 Å². The third kappa shape index (κ3) is 7.44. The van der Waals surface area contributed by atoms with Crippen molar-refractivity contribution in [3.8, 4) is 11.8 Å². The summed E-state index contributed by atoms with van der Waals surface area (Å²) < 4.78 is 5.77. The molecule has 0 atom stereocenters. The lowest BCUT2D eigenvalue weighted by Gasteiger charge is -2.22. The van der Waals surface area contributed by atoms with Gasteiger partial charge in [-0.2, -0.15) is 5.26 Å². The average molecular weight is 379 g/mol. The van der Waals surface area contributed by atoms with Gasteiger partial charge in [0, 0.05) is 18.7 Å². The van der Waals surface area contributed by atoms with Gasteiger partial charge in [0.15, 0.2) is 0 Å². The van der Waals surface area contributed by atoms with E-state index in [0.717, 1.165) is 17.7 Å². The Bertz CT molecular complexity index is 735. The van der Waals surface area contributed by atoms with Crippen molar-refractivity contribution in [2.75, 3.05) is 13.2 Å². The normalized spacial score (nSPS) is 10.3. The topological polar surface area (TPSA) is 53.3 Å². The maximum atomic E-state index is 12.9. The third-order valence-corrected chi connectivity index (χ3v) is 4.61. The van der Waals surface area contributed by atoms with Crippen LogP contribution in [0.25, 0.3) is 0 Å². The van der Waals surface area contributed by atoms with Gasteiger partial charge in [0.2, 0.25) is 0 Å². The molecule has 0 unspecified atom stereocenters. The molecule has 0 saturated carbocycles. The molecule has 0 radical (unpaired) electrons. The van der Waals surface area contributed by atoms with Gasteiger partial charge in [-0.1, -0.05) is 62.9 Å². The van der Waals surface area contributed by atoms with Crippen molar-refractivity contribution in [2.24, 2.45) is 0 Å². The number of hydrogen-bond acceptors (Lipinski definition) is 3. The van der Waals surface area contributed by atoms with Gasteiger partial charge < -0.3 is 9.64 Å². The Hall–Kier alpha value is -2.80. The van der Waals surface area contributed by atoms with Gasteiger partial charge >= 0.3 is 0 Å². The molecule has 1 amide bonds. The van der Waals surface area contributed by atoms with Crippen LogP contribution < -0.4 is 4.74 Å². The second-order valence-electron chi connectivity index (χ2n) is 6.91. The summed E-state index contributed by atoms with van der Waals surface area (Å²) in [6.07, 6.45) is 6.34. The molecular formula is C24H30N2O2. The van der Waals surface area contributed by atoms with E-state index < -0.39 is 0 Å². The van der Waals surface area contributed by atoms with E-state index in [1.165, 1.54) is 25.7 Å². The monoisotopic (exact) mass is 378 g/mol. The minimum atomic E-state index is -0.0646. The first-order valence-electron chi connectivity index (χ1n) is 10.2. The van der Waals surface area contributed by atoms with Crippen LogP contribution in [0.4, 0.5) is 0 Å². The zero-order valence-electron chi connectivity index (χ0n) is 16.8. The van der Waals surface area contributed by atoms with Gasteiger partial charge in [0.05, 0.1) is 19.1 Å². The number of carbonyl (C=O) groups is 1. The summed E-state index contributed by atoms with van der Waals surface area (Å²) in [6, 6.07) is 19.3. The van der Waals surface area contributed by atoms with Gasteiger partial charge in [-0.3, -0.25) is 4.79 Å². The molecule has 0 heterocycles. The molecule has 0 spiro atoms. The fraction of sp³-hybridized carbons (Fsp3) is 0.417. The number of ether oxygens (including phenoxy) is 1. The smallest absolute Gasteiger partial charge is 0.254 e.